The molecule has 5 rings (SSSR count). The molecule has 0 spiro atoms. The molecule has 42 heavy (non-hydrogen) atoms. The number of benzene rings is 2. The molecule has 1 aliphatic carbocycles. The third kappa shape index (κ3) is 5.18. The Kier molecular flexibility index (Phi) is 7.46. The van der Waals surface area contributed by atoms with Crippen molar-refractivity contribution in [2.45, 2.75) is 38.9 Å². The van der Waals surface area contributed by atoms with Crippen LogP contribution in [0, 0.1) is 6.92 Å². The SMILES string of the molecule is C=C(F)C(=O)Nc1ccc(-c2nn3c(C(C)=O)cnc(N)c3c2-c2ccc(C(=O)N[C@H]3C[C@@H](F)C3)c(OC)c2)c(C)c1. The molecule has 1 saturated carbocycles. The van der Waals surface area contributed by atoms with Gasteiger partial charge in [0.15, 0.2) is 11.6 Å². The predicted octanol–water partition coefficient (Wildman–Crippen LogP) is 4.82. The molecule has 2 amide bonds. The van der Waals surface area contributed by atoms with E-state index >= 15 is 0 Å². The number of amides is 2. The van der Waals surface area contributed by atoms with E-state index in [0.29, 0.717) is 39.2 Å². The molecule has 0 saturated heterocycles. The van der Waals surface area contributed by atoms with E-state index in [1.807, 2.05) is 0 Å². The van der Waals surface area contributed by atoms with Gasteiger partial charge < -0.3 is 21.1 Å². The average Bonchev–Trinajstić information content (AvgIpc) is 3.32. The lowest BCUT2D eigenvalue weighted by atomic mass is 9.90. The molecule has 2 aromatic carbocycles. The number of halogens is 2. The van der Waals surface area contributed by atoms with Crippen molar-refractivity contribution >= 4 is 34.6 Å². The number of nitrogen functional groups attached to an aromatic ring is 1. The topological polar surface area (TPSA) is 141 Å². The second-order valence-electron chi connectivity index (χ2n) is 10.1. The zero-order valence-corrected chi connectivity index (χ0v) is 23.1. The monoisotopic (exact) mass is 574 g/mol. The van der Waals surface area contributed by atoms with E-state index in [9.17, 15) is 23.2 Å². The first kappa shape index (κ1) is 28.4. The number of nitrogens with one attached hydrogen (secondary N) is 2. The molecule has 10 nitrogen and oxygen atoms in total. The van der Waals surface area contributed by atoms with Crippen LogP contribution in [0.2, 0.25) is 0 Å². The molecule has 2 heterocycles. The largest absolute Gasteiger partial charge is 0.496 e. The van der Waals surface area contributed by atoms with E-state index in [4.69, 9.17) is 15.6 Å². The Bertz CT molecular complexity index is 1780. The van der Waals surface area contributed by atoms with Crippen molar-refractivity contribution in [1.29, 1.82) is 0 Å². The standard InChI is InChI=1S/C30H28F2N6O4/c1-14-9-19(35-29(40)15(2)31)6-8-21(14)26-25(27-28(33)34-13-23(16(3)39)38(27)37-26)17-5-7-22(24(10-17)42-4)30(41)36-20-11-18(32)12-20/h5-10,13,18,20H,2,11-12H2,1,3-4H3,(H2,33,34)(H,35,40)(H,36,41)/t18-,20+. The lowest BCUT2D eigenvalue weighted by molar-refractivity contribution is -0.114. The van der Waals surface area contributed by atoms with Crippen LogP contribution in [0.3, 0.4) is 0 Å². The molecule has 1 fully saturated rings. The average molecular weight is 575 g/mol. The lowest BCUT2D eigenvalue weighted by Crippen LogP contribution is -2.45. The van der Waals surface area contributed by atoms with Gasteiger partial charge in [0.2, 0.25) is 0 Å². The number of aryl methyl sites for hydroxylation is 1. The van der Waals surface area contributed by atoms with Gasteiger partial charge in [-0.05, 0) is 55.2 Å². The summed E-state index contributed by atoms with van der Waals surface area (Å²) in [5.74, 6) is -2.38. The number of hydrogen-bond donors (Lipinski definition) is 3. The molecule has 12 heteroatoms. The lowest BCUT2D eigenvalue weighted by Gasteiger charge is -2.30. The minimum absolute atomic E-state index is 0.114. The van der Waals surface area contributed by atoms with E-state index in [1.54, 1.807) is 43.3 Å². The molecular formula is C30H28F2N6O4. The highest BCUT2D eigenvalue weighted by Crippen LogP contribution is 2.41. The van der Waals surface area contributed by atoms with Gasteiger partial charge in [-0.15, -0.1) is 0 Å². The van der Waals surface area contributed by atoms with Gasteiger partial charge in [0, 0.05) is 29.8 Å². The maximum atomic E-state index is 13.3. The smallest absolute Gasteiger partial charge is 0.283 e. The maximum absolute atomic E-state index is 13.3. The fourth-order valence-corrected chi connectivity index (χ4v) is 4.95. The third-order valence-electron chi connectivity index (χ3n) is 7.18. The molecule has 1 aliphatic rings. The Labute approximate surface area is 239 Å². The van der Waals surface area contributed by atoms with Crippen LogP contribution in [0.1, 0.15) is 46.2 Å². The number of carbonyl (C=O) groups is 3. The van der Waals surface area contributed by atoms with Crippen LogP contribution in [0.15, 0.2) is 55.0 Å². The number of Topliss-reactive ketones (excluding diaryl/α,β-unsaturated/α-hetero) is 1. The summed E-state index contributed by atoms with van der Waals surface area (Å²) in [5, 5.41) is 10.0. The normalized spacial score (nSPS) is 16.0. The molecule has 0 radical (unpaired) electrons. The van der Waals surface area contributed by atoms with E-state index in [1.165, 1.54) is 24.7 Å². The van der Waals surface area contributed by atoms with Gasteiger partial charge in [-0.3, -0.25) is 14.4 Å². The number of rotatable bonds is 8. The first-order chi connectivity index (χ1) is 20.0. The van der Waals surface area contributed by atoms with Crippen molar-refractivity contribution in [3.05, 3.63) is 71.8 Å². The summed E-state index contributed by atoms with van der Waals surface area (Å²) in [4.78, 5) is 41.5. The zero-order chi connectivity index (χ0) is 30.3. The molecule has 4 aromatic rings. The highest BCUT2D eigenvalue weighted by Gasteiger charge is 2.31. The fraction of sp³-hybridized carbons (Fsp3) is 0.233. The Morgan fingerprint density at radius 1 is 1.17 bits per heavy atom. The van der Waals surface area contributed by atoms with Crippen LogP contribution in [0.5, 0.6) is 5.75 Å². The summed E-state index contributed by atoms with van der Waals surface area (Å²) in [6, 6.07) is 9.64. The number of aromatic nitrogens is 3. The first-order valence-electron chi connectivity index (χ1n) is 13.1. The summed E-state index contributed by atoms with van der Waals surface area (Å²) in [5.41, 5.74) is 10.3. The number of hydrogen-bond acceptors (Lipinski definition) is 7. The van der Waals surface area contributed by atoms with Crippen molar-refractivity contribution in [1.82, 2.24) is 19.9 Å². The van der Waals surface area contributed by atoms with Crippen LogP contribution < -0.4 is 21.1 Å². The van der Waals surface area contributed by atoms with E-state index in [0.717, 1.165) is 0 Å². The molecule has 4 N–H and O–H groups in total. The number of alkyl halides is 1. The number of carbonyl (C=O) groups excluding carboxylic acids is 3. The first-order valence-corrected chi connectivity index (χ1v) is 13.1. The molecular weight excluding hydrogens is 546 g/mol. The van der Waals surface area contributed by atoms with Crippen LogP contribution in [-0.2, 0) is 4.79 Å². The van der Waals surface area contributed by atoms with Crippen LogP contribution >= 0.6 is 0 Å². The number of fused-ring (bicyclic) bond motifs is 1. The second-order valence-corrected chi connectivity index (χ2v) is 10.1. The number of nitrogens with two attached hydrogens (primary N) is 1. The van der Waals surface area contributed by atoms with Crippen LogP contribution in [0.4, 0.5) is 20.3 Å². The van der Waals surface area contributed by atoms with Gasteiger partial charge in [-0.2, -0.15) is 5.10 Å². The van der Waals surface area contributed by atoms with Gasteiger partial charge in [-0.25, -0.2) is 18.3 Å². The quantitative estimate of drug-likeness (QED) is 0.202. The van der Waals surface area contributed by atoms with Crippen molar-refractivity contribution in [3.8, 4) is 28.1 Å². The molecule has 0 unspecified atom stereocenters. The van der Waals surface area contributed by atoms with Crippen molar-refractivity contribution in [2.75, 3.05) is 18.2 Å². The summed E-state index contributed by atoms with van der Waals surface area (Å²) < 4.78 is 33.5. The fourth-order valence-electron chi connectivity index (χ4n) is 4.95. The third-order valence-corrected chi connectivity index (χ3v) is 7.18. The molecule has 2 aromatic heterocycles. The van der Waals surface area contributed by atoms with E-state index in [-0.39, 0.29) is 53.4 Å². The summed E-state index contributed by atoms with van der Waals surface area (Å²) in [7, 11) is 1.43. The summed E-state index contributed by atoms with van der Waals surface area (Å²) >= 11 is 0. The van der Waals surface area contributed by atoms with Gasteiger partial charge >= 0.3 is 0 Å². The minimum atomic E-state index is -1.12. The molecule has 0 atom stereocenters. The van der Waals surface area contributed by atoms with Crippen LogP contribution in [-0.4, -0.2) is 51.5 Å². The number of ketones is 1. The highest BCUT2D eigenvalue weighted by atomic mass is 19.1. The minimum Gasteiger partial charge on any atom is -0.496 e. The van der Waals surface area contributed by atoms with Crippen molar-refractivity contribution < 1.29 is 27.9 Å². The second kappa shape index (κ2) is 11.0. The summed E-state index contributed by atoms with van der Waals surface area (Å²) in [6.07, 6.45) is 0.973. The van der Waals surface area contributed by atoms with E-state index in [2.05, 4.69) is 22.2 Å². The molecule has 216 valence electrons. The number of methoxy groups -OCH3 is 1. The van der Waals surface area contributed by atoms with E-state index < -0.39 is 17.9 Å². The Balaban J connectivity index is 1.67. The van der Waals surface area contributed by atoms with Gasteiger partial charge in [0.05, 0.1) is 18.9 Å². The van der Waals surface area contributed by atoms with Gasteiger partial charge in [0.1, 0.15) is 34.6 Å². The predicted molar refractivity (Wildman–Crippen MR) is 154 cm³/mol. The highest BCUT2D eigenvalue weighted by molar-refractivity contribution is 6.04. The Morgan fingerprint density at radius 2 is 1.90 bits per heavy atom. The Morgan fingerprint density at radius 3 is 2.52 bits per heavy atom. The number of nitrogens with zero attached hydrogens (tertiary/aromatic N) is 3. The zero-order valence-electron chi connectivity index (χ0n) is 23.1. The summed E-state index contributed by atoms with van der Waals surface area (Å²) in [6.45, 7) is 6.18. The van der Waals surface area contributed by atoms with Gasteiger partial charge in [-0.1, -0.05) is 18.7 Å². The van der Waals surface area contributed by atoms with Gasteiger partial charge in [0.25, 0.3) is 11.8 Å². The maximum Gasteiger partial charge on any atom is 0.283 e. The Hall–Kier alpha value is -5.13. The number of anilines is 2. The van der Waals surface area contributed by atoms with Crippen molar-refractivity contribution in [3.63, 3.8) is 0 Å². The molecule has 0 aliphatic heterocycles. The van der Waals surface area contributed by atoms with Crippen LogP contribution in [0.25, 0.3) is 27.9 Å². The van der Waals surface area contributed by atoms with Crippen molar-refractivity contribution in [2.24, 2.45) is 0 Å². The molecule has 0 bridgehead atoms. The number of ether oxygens (including phenoxy) is 1.